The number of hydrogen-bond donors (Lipinski definition) is 8. The number of hydrogen-bond acceptors (Lipinski definition) is 8. The van der Waals surface area contributed by atoms with Crippen LogP contribution in [-0.2, 0) is 37.9 Å². The summed E-state index contributed by atoms with van der Waals surface area (Å²) in [6.45, 7) is 3.16. The Balaban J connectivity index is 4.56. The molecule has 40 heavy (non-hydrogen) atoms. The van der Waals surface area contributed by atoms with E-state index in [1.54, 1.807) is 6.92 Å². The van der Waals surface area contributed by atoms with E-state index in [1.165, 1.54) is 6.92 Å². The lowest BCUT2D eigenvalue weighted by Crippen LogP contribution is -2.44. The van der Waals surface area contributed by atoms with E-state index in [2.05, 4.69) is 16.0 Å². The van der Waals surface area contributed by atoms with E-state index in [-0.39, 0.29) is 38.0 Å². The summed E-state index contributed by atoms with van der Waals surface area (Å²) >= 11 is 0. The highest BCUT2D eigenvalue weighted by Crippen LogP contribution is 2.38. The van der Waals surface area contributed by atoms with Crippen LogP contribution in [0.15, 0.2) is 0 Å². The van der Waals surface area contributed by atoms with Crippen LogP contribution >= 0.6 is 7.75 Å². The first-order valence-corrected chi connectivity index (χ1v) is 14.5. The Morgan fingerprint density at radius 3 is 1.82 bits per heavy atom. The monoisotopic (exact) mass is 596 g/mol. The number of carbonyl (C=O) groups is 6. The molecule has 0 fully saturated rings. The Hall–Kier alpha value is -3.07. The number of carboxylic acid groups (broad SMARTS) is 3. The standard InChI is InChI=1S/C23H41N4O12P/c1-3-8-18(23(35)36)27-40(37,38)39-14-7-9-16(21(31)32)25-20(30)12-11-17(22(33)34)26-19(29)10-5-4-6-13-24-15(2)28/h16-18H,3-14H2,1-2H3,(H,24,28)(H,25,30)(H,26,29)(H,31,32)(H,33,34)(H,35,36)(H2,27,37,38)/t16-,17-,18?/m0/s1. The van der Waals surface area contributed by atoms with Crippen LogP contribution in [0, 0.1) is 0 Å². The summed E-state index contributed by atoms with van der Waals surface area (Å²) < 4.78 is 16.8. The molecule has 0 saturated carbocycles. The van der Waals surface area contributed by atoms with Crippen LogP contribution in [0.5, 0.6) is 0 Å². The van der Waals surface area contributed by atoms with Gasteiger partial charge in [0.1, 0.15) is 18.1 Å². The fraction of sp³-hybridized carbons (Fsp3) is 0.739. The molecule has 0 spiro atoms. The first kappa shape index (κ1) is 36.9. The molecular weight excluding hydrogens is 555 g/mol. The summed E-state index contributed by atoms with van der Waals surface area (Å²) in [7, 11) is -4.47. The molecule has 16 nitrogen and oxygen atoms in total. The summed E-state index contributed by atoms with van der Waals surface area (Å²) in [4.78, 5) is 79.0. The van der Waals surface area contributed by atoms with Crippen molar-refractivity contribution in [2.24, 2.45) is 0 Å². The third-order valence-corrected chi connectivity index (χ3v) is 6.65. The van der Waals surface area contributed by atoms with Crippen LogP contribution in [0.4, 0.5) is 0 Å². The largest absolute Gasteiger partial charge is 0.480 e. The Morgan fingerprint density at radius 2 is 1.30 bits per heavy atom. The second kappa shape index (κ2) is 19.9. The maximum Gasteiger partial charge on any atom is 0.403 e. The number of nitrogens with one attached hydrogen (secondary N) is 4. The Kier molecular flexibility index (Phi) is 18.4. The zero-order valence-corrected chi connectivity index (χ0v) is 23.6. The maximum absolute atomic E-state index is 12.2. The van der Waals surface area contributed by atoms with Crippen molar-refractivity contribution in [1.29, 1.82) is 0 Å². The average Bonchev–Trinajstić information content (AvgIpc) is 2.84. The summed E-state index contributed by atoms with van der Waals surface area (Å²) in [5.41, 5.74) is 0. The van der Waals surface area contributed by atoms with Crippen molar-refractivity contribution >= 4 is 43.4 Å². The maximum atomic E-state index is 12.2. The minimum atomic E-state index is -4.47. The van der Waals surface area contributed by atoms with Crippen LogP contribution in [-0.4, -0.2) is 87.1 Å². The molecule has 0 aromatic heterocycles. The lowest BCUT2D eigenvalue weighted by molar-refractivity contribution is -0.143. The molecule has 0 rings (SSSR count). The highest BCUT2D eigenvalue weighted by Gasteiger charge is 2.29. The third kappa shape index (κ3) is 18.3. The van der Waals surface area contributed by atoms with Gasteiger partial charge >= 0.3 is 25.7 Å². The van der Waals surface area contributed by atoms with Crippen molar-refractivity contribution in [3.63, 3.8) is 0 Å². The number of amides is 3. The van der Waals surface area contributed by atoms with Crippen molar-refractivity contribution < 1.29 is 58.1 Å². The van der Waals surface area contributed by atoms with Gasteiger partial charge < -0.3 is 36.2 Å². The van der Waals surface area contributed by atoms with Crippen LogP contribution < -0.4 is 21.0 Å². The summed E-state index contributed by atoms with van der Waals surface area (Å²) in [5, 5.41) is 37.0. The second-order valence-electron chi connectivity index (χ2n) is 9.05. The number of carbonyl (C=O) groups excluding carboxylic acids is 3. The number of rotatable bonds is 23. The molecule has 17 heteroatoms. The molecule has 3 amide bonds. The van der Waals surface area contributed by atoms with Gasteiger partial charge in [-0.05, 0) is 38.5 Å². The van der Waals surface area contributed by atoms with E-state index < -0.39 is 68.6 Å². The van der Waals surface area contributed by atoms with Crippen molar-refractivity contribution in [2.45, 2.75) is 96.2 Å². The van der Waals surface area contributed by atoms with Gasteiger partial charge in [-0.15, -0.1) is 0 Å². The van der Waals surface area contributed by atoms with Crippen molar-refractivity contribution in [2.75, 3.05) is 13.2 Å². The van der Waals surface area contributed by atoms with Crippen LogP contribution in [0.3, 0.4) is 0 Å². The average molecular weight is 597 g/mol. The highest BCUT2D eigenvalue weighted by atomic mass is 31.2. The number of unbranched alkanes of at least 4 members (excludes halogenated alkanes) is 2. The normalized spacial score (nSPS) is 14.7. The predicted octanol–water partition coefficient (Wildman–Crippen LogP) is 0.342. The fourth-order valence-electron chi connectivity index (χ4n) is 3.42. The SMILES string of the molecule is CCCC(NP(=O)(O)OCCC[C@H](NC(=O)CC[C@H](NC(=O)CCCCCNC(C)=O)C(=O)O)C(=O)O)C(=O)O. The molecule has 230 valence electrons. The molecule has 4 atom stereocenters. The topological polar surface area (TPSA) is 258 Å². The fourth-order valence-corrected chi connectivity index (χ4v) is 4.50. The van der Waals surface area contributed by atoms with Crippen LogP contribution in [0.1, 0.15) is 78.1 Å². The van der Waals surface area contributed by atoms with Crippen LogP contribution in [0.2, 0.25) is 0 Å². The van der Waals surface area contributed by atoms with Gasteiger partial charge in [-0.3, -0.25) is 23.7 Å². The summed E-state index contributed by atoms with van der Waals surface area (Å²) in [6, 6.07) is -4.06. The predicted molar refractivity (Wildman–Crippen MR) is 140 cm³/mol. The van der Waals surface area contributed by atoms with E-state index >= 15 is 0 Å². The van der Waals surface area contributed by atoms with Gasteiger partial charge in [0, 0.05) is 26.3 Å². The van der Waals surface area contributed by atoms with Crippen molar-refractivity contribution in [1.82, 2.24) is 21.0 Å². The molecule has 8 N–H and O–H groups in total. The Bertz CT molecular complexity index is 916. The van der Waals surface area contributed by atoms with Gasteiger partial charge in [0.25, 0.3) is 0 Å². The van der Waals surface area contributed by atoms with Gasteiger partial charge in [0.2, 0.25) is 17.7 Å². The third-order valence-electron chi connectivity index (χ3n) is 5.48. The van der Waals surface area contributed by atoms with E-state index in [0.29, 0.717) is 32.2 Å². The first-order chi connectivity index (χ1) is 18.7. The molecule has 0 saturated heterocycles. The van der Waals surface area contributed by atoms with E-state index in [9.17, 15) is 48.4 Å². The molecule has 2 unspecified atom stereocenters. The molecule has 0 aromatic rings. The van der Waals surface area contributed by atoms with Gasteiger partial charge in [-0.25, -0.2) is 19.2 Å². The van der Waals surface area contributed by atoms with E-state index in [4.69, 9.17) is 9.63 Å². The molecule has 0 heterocycles. The number of aliphatic carboxylic acids is 3. The quantitative estimate of drug-likeness (QED) is 0.0585. The minimum absolute atomic E-state index is 0.0606. The molecule has 0 aliphatic rings. The van der Waals surface area contributed by atoms with Gasteiger partial charge in [0.15, 0.2) is 0 Å². The van der Waals surface area contributed by atoms with Gasteiger partial charge in [-0.2, -0.15) is 0 Å². The van der Waals surface area contributed by atoms with Crippen molar-refractivity contribution in [3.05, 3.63) is 0 Å². The molecule has 0 aliphatic carbocycles. The minimum Gasteiger partial charge on any atom is -0.480 e. The smallest absolute Gasteiger partial charge is 0.403 e. The Morgan fingerprint density at radius 1 is 0.750 bits per heavy atom. The Labute approximate surface area is 232 Å². The highest BCUT2D eigenvalue weighted by molar-refractivity contribution is 7.50. The summed E-state index contributed by atoms with van der Waals surface area (Å²) in [6.07, 6.45) is 1.41. The molecule has 0 radical (unpaired) electrons. The lowest BCUT2D eigenvalue weighted by atomic mass is 10.1. The lowest BCUT2D eigenvalue weighted by Gasteiger charge is -2.19. The van der Waals surface area contributed by atoms with E-state index in [1.807, 2.05) is 5.09 Å². The van der Waals surface area contributed by atoms with Gasteiger partial charge in [0.05, 0.1) is 6.61 Å². The molecule has 0 bridgehead atoms. The molecule has 0 aliphatic heterocycles. The summed E-state index contributed by atoms with van der Waals surface area (Å²) in [5.74, 6) is -5.52. The zero-order valence-electron chi connectivity index (χ0n) is 22.7. The zero-order chi connectivity index (χ0) is 30.7. The number of carboxylic acids is 3. The van der Waals surface area contributed by atoms with Crippen LogP contribution in [0.25, 0.3) is 0 Å². The molecular formula is C23H41N4O12P. The first-order valence-electron chi connectivity index (χ1n) is 12.9. The second-order valence-corrected chi connectivity index (χ2v) is 10.6. The van der Waals surface area contributed by atoms with Crippen molar-refractivity contribution in [3.8, 4) is 0 Å². The van der Waals surface area contributed by atoms with E-state index in [0.717, 1.165) is 0 Å². The van der Waals surface area contributed by atoms with Gasteiger partial charge in [-0.1, -0.05) is 19.8 Å². The molecule has 0 aromatic carbocycles.